The number of nitrogens with zero attached hydrogens (tertiary/aromatic N) is 3. The van der Waals surface area contributed by atoms with E-state index in [1.165, 1.54) is 11.1 Å². The van der Waals surface area contributed by atoms with Gasteiger partial charge in [-0.15, -0.1) is 0 Å². The molecule has 4 nitrogen and oxygen atoms in total. The molecule has 184 valence electrons. The molecule has 0 radical (unpaired) electrons. The summed E-state index contributed by atoms with van der Waals surface area (Å²) in [6.45, 7) is 9.80. The second-order valence-electron chi connectivity index (χ2n) is 8.45. The molecule has 0 aromatic heterocycles. The first-order chi connectivity index (χ1) is 17.1. The summed E-state index contributed by atoms with van der Waals surface area (Å²) in [7, 11) is 2.10. The van der Waals surface area contributed by atoms with Gasteiger partial charge in [-0.2, -0.15) is 0 Å². The van der Waals surface area contributed by atoms with Gasteiger partial charge in [-0.3, -0.25) is 9.91 Å². The van der Waals surface area contributed by atoms with Gasteiger partial charge in [0.25, 0.3) is 0 Å². The van der Waals surface area contributed by atoms with E-state index in [4.69, 9.17) is 4.74 Å². The summed E-state index contributed by atoms with van der Waals surface area (Å²) in [5.41, 5.74) is 2.62. The van der Waals surface area contributed by atoms with Gasteiger partial charge in [-0.25, -0.2) is 5.01 Å². The fourth-order valence-corrected chi connectivity index (χ4v) is 3.95. The molecule has 0 fully saturated rings. The van der Waals surface area contributed by atoms with Crippen LogP contribution in [0, 0.1) is 0 Å². The van der Waals surface area contributed by atoms with Crippen LogP contribution in [0.4, 0.5) is 0 Å². The third-order valence-electron chi connectivity index (χ3n) is 5.75. The molecule has 0 spiro atoms. The largest absolute Gasteiger partial charge is 0.457 e. The van der Waals surface area contributed by atoms with Crippen LogP contribution in [0.3, 0.4) is 0 Å². The van der Waals surface area contributed by atoms with E-state index < -0.39 is 0 Å². The van der Waals surface area contributed by atoms with E-state index in [2.05, 4.69) is 107 Å². The van der Waals surface area contributed by atoms with E-state index in [9.17, 15) is 0 Å². The van der Waals surface area contributed by atoms with E-state index in [0.29, 0.717) is 0 Å². The van der Waals surface area contributed by atoms with Crippen molar-refractivity contribution in [2.75, 3.05) is 26.7 Å². The Morgan fingerprint density at radius 3 is 2.14 bits per heavy atom. The summed E-state index contributed by atoms with van der Waals surface area (Å²) in [6.07, 6.45) is 8.07. The lowest BCUT2D eigenvalue weighted by Crippen LogP contribution is -2.39. The molecule has 0 saturated heterocycles. The molecule has 5 heteroatoms. The summed E-state index contributed by atoms with van der Waals surface area (Å²) in [5.74, 6) is 1.70. The van der Waals surface area contributed by atoms with Crippen molar-refractivity contribution in [3.63, 3.8) is 0 Å². The van der Waals surface area contributed by atoms with E-state index in [0.717, 1.165) is 55.0 Å². The SMILES string of the molecule is C=CN(/C=C/CC)N(C)CCN(CCc1ccc(Br)cc1)Cc1ccc(Oc2ccccc2)cc1. The van der Waals surface area contributed by atoms with Crippen LogP contribution < -0.4 is 4.74 Å². The number of para-hydroxylation sites is 1. The molecule has 0 aliphatic carbocycles. The molecule has 35 heavy (non-hydrogen) atoms. The van der Waals surface area contributed by atoms with Gasteiger partial charge >= 0.3 is 0 Å². The van der Waals surface area contributed by atoms with Gasteiger partial charge in [-0.1, -0.05) is 78.0 Å². The Bertz CT molecular complexity index is 1040. The normalized spacial score (nSPS) is 11.3. The van der Waals surface area contributed by atoms with Crippen molar-refractivity contribution in [2.24, 2.45) is 0 Å². The Morgan fingerprint density at radius 1 is 0.829 bits per heavy atom. The van der Waals surface area contributed by atoms with Crippen LogP contribution in [0.1, 0.15) is 24.5 Å². The predicted molar refractivity (Wildman–Crippen MR) is 150 cm³/mol. The number of hydrazine groups is 1. The maximum atomic E-state index is 5.96. The molecule has 3 aromatic rings. The highest BCUT2D eigenvalue weighted by Crippen LogP contribution is 2.22. The molecule has 0 amide bonds. The molecular weight excluding hydrogens is 498 g/mol. The summed E-state index contributed by atoms with van der Waals surface area (Å²) >= 11 is 3.53. The first-order valence-electron chi connectivity index (χ1n) is 12.1. The molecular formula is C30H36BrN3O. The summed E-state index contributed by atoms with van der Waals surface area (Å²) < 4.78 is 7.07. The van der Waals surface area contributed by atoms with Crippen LogP contribution in [0.25, 0.3) is 0 Å². The van der Waals surface area contributed by atoms with Crippen molar-refractivity contribution in [3.8, 4) is 11.5 Å². The molecule has 0 atom stereocenters. The van der Waals surface area contributed by atoms with Gasteiger partial charge in [0.05, 0.1) is 0 Å². The lowest BCUT2D eigenvalue weighted by molar-refractivity contribution is 0.0849. The number of benzene rings is 3. The predicted octanol–water partition coefficient (Wildman–Crippen LogP) is 7.50. The van der Waals surface area contributed by atoms with Gasteiger partial charge in [0.15, 0.2) is 0 Å². The van der Waals surface area contributed by atoms with E-state index >= 15 is 0 Å². The number of allylic oxidation sites excluding steroid dienone is 1. The first kappa shape index (κ1) is 26.7. The molecule has 0 bridgehead atoms. The average Bonchev–Trinajstić information content (AvgIpc) is 2.88. The lowest BCUT2D eigenvalue weighted by Gasteiger charge is -2.31. The maximum Gasteiger partial charge on any atom is 0.127 e. The van der Waals surface area contributed by atoms with Crippen molar-refractivity contribution in [1.29, 1.82) is 0 Å². The quantitative estimate of drug-likeness (QED) is 0.199. The zero-order valence-electron chi connectivity index (χ0n) is 20.8. The van der Waals surface area contributed by atoms with Crippen LogP contribution in [-0.4, -0.2) is 41.6 Å². The number of halogens is 1. The molecule has 0 saturated carbocycles. The topological polar surface area (TPSA) is 19.0 Å². The minimum absolute atomic E-state index is 0.850. The Hall–Kier alpha value is -2.86. The van der Waals surface area contributed by atoms with Crippen molar-refractivity contribution in [3.05, 3.63) is 120 Å². The van der Waals surface area contributed by atoms with Crippen LogP contribution in [0.15, 0.2) is 108 Å². The fourth-order valence-electron chi connectivity index (χ4n) is 3.68. The Labute approximate surface area is 219 Å². The Kier molecular flexibility index (Phi) is 11.1. The van der Waals surface area contributed by atoms with E-state index in [-0.39, 0.29) is 0 Å². The van der Waals surface area contributed by atoms with Crippen LogP contribution in [0.5, 0.6) is 11.5 Å². The third kappa shape index (κ3) is 9.36. The van der Waals surface area contributed by atoms with E-state index in [1.54, 1.807) is 0 Å². The highest BCUT2D eigenvalue weighted by atomic mass is 79.9. The van der Waals surface area contributed by atoms with Crippen molar-refractivity contribution >= 4 is 15.9 Å². The molecule has 0 aliphatic heterocycles. The second-order valence-corrected chi connectivity index (χ2v) is 9.36. The van der Waals surface area contributed by atoms with Gasteiger partial charge in [0.2, 0.25) is 0 Å². The summed E-state index contributed by atoms with van der Waals surface area (Å²) in [6, 6.07) is 26.9. The lowest BCUT2D eigenvalue weighted by atomic mass is 10.1. The molecule has 0 N–H and O–H groups in total. The summed E-state index contributed by atoms with van der Waals surface area (Å²) in [5, 5.41) is 4.24. The monoisotopic (exact) mass is 533 g/mol. The van der Waals surface area contributed by atoms with Gasteiger partial charge in [0.1, 0.15) is 11.5 Å². The van der Waals surface area contributed by atoms with Gasteiger partial charge < -0.3 is 4.74 Å². The van der Waals surface area contributed by atoms with Gasteiger partial charge in [-0.05, 0) is 60.4 Å². The Morgan fingerprint density at radius 2 is 1.49 bits per heavy atom. The molecule has 0 unspecified atom stereocenters. The minimum Gasteiger partial charge on any atom is -0.457 e. The Balaban J connectivity index is 1.63. The first-order valence-corrected chi connectivity index (χ1v) is 12.9. The number of ether oxygens (including phenoxy) is 1. The van der Waals surface area contributed by atoms with Crippen molar-refractivity contribution in [1.82, 2.24) is 14.9 Å². The van der Waals surface area contributed by atoms with Crippen LogP contribution in [-0.2, 0) is 13.0 Å². The van der Waals surface area contributed by atoms with E-state index in [1.807, 2.05) is 41.5 Å². The van der Waals surface area contributed by atoms with Crippen molar-refractivity contribution < 1.29 is 4.74 Å². The molecule has 3 rings (SSSR count). The molecule has 3 aromatic carbocycles. The molecule has 0 aliphatic rings. The average molecular weight is 535 g/mol. The minimum atomic E-state index is 0.850. The van der Waals surface area contributed by atoms with Crippen LogP contribution >= 0.6 is 15.9 Å². The third-order valence-corrected chi connectivity index (χ3v) is 6.28. The second kappa shape index (κ2) is 14.5. The summed E-state index contributed by atoms with van der Waals surface area (Å²) in [4.78, 5) is 2.51. The van der Waals surface area contributed by atoms with Crippen LogP contribution in [0.2, 0.25) is 0 Å². The zero-order valence-corrected chi connectivity index (χ0v) is 22.4. The maximum absolute atomic E-state index is 5.96. The number of hydrogen-bond donors (Lipinski definition) is 0. The standard InChI is InChI=1S/C30H36BrN3O/c1-4-6-21-34(5-2)32(3)23-24-33(22-20-26-12-16-28(31)17-13-26)25-27-14-18-30(19-15-27)35-29-10-8-7-9-11-29/h5-19,21H,2,4,20,22-25H2,1,3H3/b21-6+. The van der Waals surface area contributed by atoms with Crippen molar-refractivity contribution in [2.45, 2.75) is 26.3 Å². The highest BCUT2D eigenvalue weighted by molar-refractivity contribution is 9.10. The van der Waals surface area contributed by atoms with Gasteiger partial charge in [0, 0.05) is 50.1 Å². The highest BCUT2D eigenvalue weighted by Gasteiger charge is 2.11. The number of likely N-dealkylation sites (N-methyl/N-ethyl adjacent to an activating group) is 1. The smallest absolute Gasteiger partial charge is 0.127 e. The fraction of sp³-hybridized carbons (Fsp3) is 0.267. The number of hydrogen-bond acceptors (Lipinski definition) is 4. The number of rotatable bonds is 14. The zero-order chi connectivity index (χ0) is 24.9. The molecule has 0 heterocycles.